The van der Waals surface area contributed by atoms with Crippen LogP contribution in [0.25, 0.3) is 0 Å². The van der Waals surface area contributed by atoms with Gasteiger partial charge in [-0.15, -0.1) is 0 Å². The summed E-state index contributed by atoms with van der Waals surface area (Å²) in [6.07, 6.45) is 3.41. The number of hydrogen-bond donors (Lipinski definition) is 2. The Bertz CT molecular complexity index is 314. The summed E-state index contributed by atoms with van der Waals surface area (Å²) in [6, 6.07) is 0. The van der Waals surface area contributed by atoms with Crippen LogP contribution < -0.4 is 10.6 Å². The number of nitrogens with one attached hydrogen (secondary N) is 2. The van der Waals surface area contributed by atoms with Crippen LogP contribution >= 0.6 is 11.6 Å². The molecular weight excluding hydrogens is 216 g/mol. The van der Waals surface area contributed by atoms with E-state index in [-0.39, 0.29) is 5.91 Å². The van der Waals surface area contributed by atoms with E-state index in [4.69, 9.17) is 11.6 Å². The maximum absolute atomic E-state index is 11.1. The Morgan fingerprint density at radius 3 is 2.73 bits per heavy atom. The molecule has 0 aromatic carbocycles. The monoisotopic (exact) mass is 228 g/mol. The fraction of sp³-hybridized carbons (Fsp3) is 0.444. The Morgan fingerprint density at radius 2 is 2.13 bits per heavy atom. The first kappa shape index (κ1) is 11.7. The second-order valence-corrected chi connectivity index (χ2v) is 3.29. The molecule has 0 aliphatic carbocycles. The van der Waals surface area contributed by atoms with Crippen molar-refractivity contribution >= 4 is 23.5 Å². The van der Waals surface area contributed by atoms with E-state index < -0.39 is 0 Å². The van der Waals surface area contributed by atoms with Crippen LogP contribution in [-0.4, -0.2) is 29.0 Å². The fourth-order valence-corrected chi connectivity index (χ4v) is 1.07. The first-order valence-corrected chi connectivity index (χ1v) is 5.08. The molecule has 1 aromatic heterocycles. The van der Waals surface area contributed by atoms with E-state index in [1.165, 1.54) is 12.4 Å². The number of aromatic nitrogens is 2. The molecular formula is C9H13ClN4O. The number of anilines is 1. The predicted octanol–water partition coefficient (Wildman–Crippen LogP) is 1.07. The third kappa shape index (κ3) is 4.60. The molecule has 0 spiro atoms. The smallest absolute Gasteiger partial charge is 0.222 e. The van der Waals surface area contributed by atoms with Gasteiger partial charge in [-0.1, -0.05) is 11.6 Å². The van der Waals surface area contributed by atoms with E-state index in [1.54, 1.807) is 0 Å². The van der Waals surface area contributed by atoms with E-state index >= 15 is 0 Å². The van der Waals surface area contributed by atoms with E-state index in [0.29, 0.717) is 30.5 Å². The van der Waals surface area contributed by atoms with Crippen LogP contribution in [0.1, 0.15) is 13.3 Å². The summed E-state index contributed by atoms with van der Waals surface area (Å²) in [5.41, 5.74) is 0. The van der Waals surface area contributed by atoms with Crippen molar-refractivity contribution in [3.63, 3.8) is 0 Å². The van der Waals surface area contributed by atoms with Gasteiger partial charge in [0.15, 0.2) is 0 Å². The van der Waals surface area contributed by atoms with Gasteiger partial charge >= 0.3 is 0 Å². The number of amides is 1. The van der Waals surface area contributed by atoms with Gasteiger partial charge in [-0.3, -0.25) is 4.79 Å². The average molecular weight is 229 g/mol. The van der Waals surface area contributed by atoms with Crippen LogP contribution in [0.2, 0.25) is 5.02 Å². The fourth-order valence-electron chi connectivity index (χ4n) is 0.977. The van der Waals surface area contributed by atoms with Gasteiger partial charge in [0.25, 0.3) is 0 Å². The summed E-state index contributed by atoms with van der Waals surface area (Å²) in [6.45, 7) is 3.04. The van der Waals surface area contributed by atoms with Crippen LogP contribution in [0.3, 0.4) is 0 Å². The minimum atomic E-state index is 0.0129. The Hall–Kier alpha value is -1.36. The largest absolute Gasteiger partial charge is 0.356 e. The zero-order chi connectivity index (χ0) is 11.1. The van der Waals surface area contributed by atoms with Gasteiger partial charge in [0.1, 0.15) is 0 Å². The standard InChI is InChI=1S/C9H13ClN4O/c1-2-11-8(15)3-4-12-9-13-5-7(10)6-14-9/h5-6H,2-4H2,1H3,(H,11,15)(H,12,13,14). The van der Waals surface area contributed by atoms with Crippen LogP contribution in [-0.2, 0) is 4.79 Å². The molecule has 2 N–H and O–H groups in total. The zero-order valence-electron chi connectivity index (χ0n) is 8.46. The van der Waals surface area contributed by atoms with Crippen molar-refractivity contribution in [3.8, 4) is 0 Å². The van der Waals surface area contributed by atoms with Crippen LogP contribution in [0.5, 0.6) is 0 Å². The molecule has 1 heterocycles. The van der Waals surface area contributed by atoms with Crippen LogP contribution in [0.4, 0.5) is 5.95 Å². The average Bonchev–Trinajstić information content (AvgIpc) is 2.21. The van der Waals surface area contributed by atoms with Gasteiger partial charge in [-0.25, -0.2) is 9.97 Å². The van der Waals surface area contributed by atoms with Crippen molar-refractivity contribution in [1.82, 2.24) is 15.3 Å². The van der Waals surface area contributed by atoms with Crippen molar-refractivity contribution in [1.29, 1.82) is 0 Å². The molecule has 1 aromatic rings. The molecule has 6 heteroatoms. The molecule has 0 atom stereocenters. The predicted molar refractivity (Wildman–Crippen MR) is 58.8 cm³/mol. The molecule has 0 saturated heterocycles. The number of nitrogens with zero attached hydrogens (tertiary/aromatic N) is 2. The van der Waals surface area contributed by atoms with Crippen LogP contribution in [0.15, 0.2) is 12.4 Å². The molecule has 1 amide bonds. The minimum Gasteiger partial charge on any atom is -0.356 e. The lowest BCUT2D eigenvalue weighted by atomic mass is 10.4. The molecule has 0 fully saturated rings. The topological polar surface area (TPSA) is 66.9 Å². The zero-order valence-corrected chi connectivity index (χ0v) is 9.21. The van der Waals surface area contributed by atoms with Crippen molar-refractivity contribution in [2.45, 2.75) is 13.3 Å². The molecule has 0 bridgehead atoms. The molecule has 82 valence electrons. The summed E-state index contributed by atoms with van der Waals surface area (Å²) in [5, 5.41) is 6.11. The van der Waals surface area contributed by atoms with Crippen molar-refractivity contribution in [2.24, 2.45) is 0 Å². The highest BCUT2D eigenvalue weighted by atomic mass is 35.5. The molecule has 0 unspecified atom stereocenters. The first-order chi connectivity index (χ1) is 7.22. The molecule has 0 aliphatic heterocycles. The number of hydrogen-bond acceptors (Lipinski definition) is 4. The maximum Gasteiger partial charge on any atom is 0.222 e. The van der Waals surface area contributed by atoms with Gasteiger partial charge in [0, 0.05) is 19.5 Å². The van der Waals surface area contributed by atoms with Crippen LogP contribution in [0, 0.1) is 0 Å². The summed E-state index contributed by atoms with van der Waals surface area (Å²) in [7, 11) is 0. The van der Waals surface area contributed by atoms with E-state index in [0.717, 1.165) is 0 Å². The third-order valence-corrected chi connectivity index (χ3v) is 1.82. The Balaban J connectivity index is 2.26. The van der Waals surface area contributed by atoms with E-state index in [2.05, 4.69) is 20.6 Å². The Morgan fingerprint density at radius 1 is 1.47 bits per heavy atom. The maximum atomic E-state index is 11.1. The Labute approximate surface area is 93.3 Å². The SMILES string of the molecule is CCNC(=O)CCNc1ncc(Cl)cn1. The van der Waals surface area contributed by atoms with Crippen molar-refractivity contribution < 1.29 is 4.79 Å². The van der Waals surface area contributed by atoms with Gasteiger partial charge < -0.3 is 10.6 Å². The third-order valence-electron chi connectivity index (χ3n) is 1.63. The number of halogens is 1. The highest BCUT2D eigenvalue weighted by Crippen LogP contribution is 2.05. The summed E-state index contributed by atoms with van der Waals surface area (Å²) in [4.78, 5) is 18.9. The molecule has 0 saturated carbocycles. The molecule has 0 aliphatic rings. The molecule has 5 nitrogen and oxygen atoms in total. The molecule has 15 heavy (non-hydrogen) atoms. The number of carbonyl (C=O) groups is 1. The number of rotatable bonds is 5. The number of carbonyl (C=O) groups excluding carboxylic acids is 1. The first-order valence-electron chi connectivity index (χ1n) is 4.70. The normalized spacial score (nSPS) is 9.73. The highest BCUT2D eigenvalue weighted by Gasteiger charge is 1.99. The Kier molecular flexibility index (Phi) is 4.83. The lowest BCUT2D eigenvalue weighted by Crippen LogP contribution is -2.24. The second kappa shape index (κ2) is 6.19. The van der Waals surface area contributed by atoms with Gasteiger partial charge in [0.05, 0.1) is 17.4 Å². The van der Waals surface area contributed by atoms with Gasteiger partial charge in [-0.05, 0) is 6.92 Å². The quantitative estimate of drug-likeness (QED) is 0.791. The van der Waals surface area contributed by atoms with Crippen molar-refractivity contribution in [2.75, 3.05) is 18.4 Å². The summed E-state index contributed by atoms with van der Waals surface area (Å²) >= 11 is 5.62. The van der Waals surface area contributed by atoms with E-state index in [1.807, 2.05) is 6.92 Å². The minimum absolute atomic E-state index is 0.0129. The molecule has 0 radical (unpaired) electrons. The van der Waals surface area contributed by atoms with E-state index in [9.17, 15) is 4.79 Å². The lowest BCUT2D eigenvalue weighted by molar-refractivity contribution is -0.120. The highest BCUT2D eigenvalue weighted by molar-refractivity contribution is 6.30. The second-order valence-electron chi connectivity index (χ2n) is 2.86. The lowest BCUT2D eigenvalue weighted by Gasteiger charge is -2.04. The summed E-state index contributed by atoms with van der Waals surface area (Å²) in [5.74, 6) is 0.489. The van der Waals surface area contributed by atoms with Gasteiger partial charge in [0.2, 0.25) is 11.9 Å². The summed E-state index contributed by atoms with van der Waals surface area (Å²) < 4.78 is 0. The van der Waals surface area contributed by atoms with Gasteiger partial charge in [-0.2, -0.15) is 0 Å². The van der Waals surface area contributed by atoms with Crippen molar-refractivity contribution in [3.05, 3.63) is 17.4 Å². The molecule has 1 rings (SSSR count).